The minimum Gasteiger partial charge on any atom is -0.404 e. The van der Waals surface area contributed by atoms with Gasteiger partial charge in [0, 0.05) is 5.56 Å². The third-order valence-electron chi connectivity index (χ3n) is 4.85. The molecule has 4 nitrogen and oxygen atoms in total. The van der Waals surface area contributed by atoms with Gasteiger partial charge in [-0.05, 0) is 54.2 Å². The van der Waals surface area contributed by atoms with Crippen molar-refractivity contribution in [3.8, 4) is 5.75 Å². The molecule has 1 aromatic rings. The van der Waals surface area contributed by atoms with Crippen LogP contribution in [0.2, 0.25) is 0 Å². The average Bonchev–Trinajstić information content (AvgIpc) is 2.50. The first-order valence-corrected chi connectivity index (χ1v) is 10.1. The summed E-state index contributed by atoms with van der Waals surface area (Å²) in [6.45, 7) is 12.9. The second-order valence-electron chi connectivity index (χ2n) is 6.49. The molecule has 1 rings (SSSR count). The molecule has 0 aliphatic heterocycles. The van der Waals surface area contributed by atoms with Gasteiger partial charge in [-0.2, -0.15) is 0 Å². The summed E-state index contributed by atoms with van der Waals surface area (Å²) < 4.78 is 16.4. The largest absolute Gasteiger partial charge is 0.524 e. The van der Waals surface area contributed by atoms with Gasteiger partial charge in [0.2, 0.25) is 0 Å². The predicted molar refractivity (Wildman–Crippen MR) is 95.2 cm³/mol. The fourth-order valence-electron chi connectivity index (χ4n) is 2.96. The van der Waals surface area contributed by atoms with Crippen LogP contribution in [0.25, 0.3) is 0 Å². The Bertz CT molecular complexity index is 564. The Labute approximate surface area is 140 Å². The molecule has 0 spiro atoms. The highest BCUT2D eigenvalue weighted by Gasteiger charge is 2.27. The highest BCUT2D eigenvalue weighted by Crippen LogP contribution is 2.46. The van der Waals surface area contributed by atoms with Gasteiger partial charge >= 0.3 is 7.82 Å². The van der Waals surface area contributed by atoms with Crippen LogP contribution in [-0.4, -0.2) is 9.79 Å². The van der Waals surface area contributed by atoms with Crippen LogP contribution < -0.4 is 4.52 Å². The topological polar surface area (TPSA) is 66.8 Å². The third-order valence-corrected chi connectivity index (χ3v) is 5.29. The van der Waals surface area contributed by atoms with Crippen LogP contribution in [0.1, 0.15) is 95.2 Å². The summed E-state index contributed by atoms with van der Waals surface area (Å²) in [5, 5.41) is 0. The van der Waals surface area contributed by atoms with E-state index in [9.17, 15) is 14.4 Å². The number of benzene rings is 1. The minimum atomic E-state index is -4.57. The quantitative estimate of drug-likeness (QED) is 0.595. The van der Waals surface area contributed by atoms with Crippen molar-refractivity contribution in [1.29, 1.82) is 0 Å². The van der Waals surface area contributed by atoms with Crippen molar-refractivity contribution in [3.63, 3.8) is 0 Å². The Hall–Kier alpha value is -0.830. The van der Waals surface area contributed by atoms with E-state index >= 15 is 0 Å². The molecule has 23 heavy (non-hydrogen) atoms. The van der Waals surface area contributed by atoms with Gasteiger partial charge in [-0.15, -0.1) is 0 Å². The Morgan fingerprint density at radius 1 is 0.913 bits per heavy atom. The molecular weight excluding hydrogens is 311 g/mol. The first-order chi connectivity index (χ1) is 10.7. The van der Waals surface area contributed by atoms with Gasteiger partial charge in [-0.1, -0.05) is 47.6 Å². The summed E-state index contributed by atoms with van der Waals surface area (Å²) in [4.78, 5) is 18.5. The van der Waals surface area contributed by atoms with Crippen LogP contribution in [0.3, 0.4) is 0 Å². The Morgan fingerprint density at radius 3 is 1.83 bits per heavy atom. The second-order valence-corrected chi connectivity index (χ2v) is 7.65. The van der Waals surface area contributed by atoms with Crippen molar-refractivity contribution in [2.75, 3.05) is 0 Å². The highest BCUT2D eigenvalue weighted by molar-refractivity contribution is 7.46. The Kier molecular flexibility index (Phi) is 7.31. The summed E-state index contributed by atoms with van der Waals surface area (Å²) in [5.74, 6) is 1.24. The minimum absolute atomic E-state index is 0.185. The van der Waals surface area contributed by atoms with Crippen molar-refractivity contribution in [2.24, 2.45) is 0 Å². The van der Waals surface area contributed by atoms with Crippen LogP contribution >= 0.6 is 7.82 Å². The van der Waals surface area contributed by atoms with Crippen LogP contribution in [0.15, 0.2) is 12.1 Å². The molecular formula is C18H31O4P. The molecule has 1 aromatic carbocycles. The number of rotatable bonds is 8. The summed E-state index contributed by atoms with van der Waals surface area (Å²) in [7, 11) is -4.57. The maximum absolute atomic E-state index is 11.4. The maximum atomic E-state index is 11.4. The lowest BCUT2D eigenvalue weighted by Crippen LogP contribution is -2.10. The van der Waals surface area contributed by atoms with E-state index in [1.54, 1.807) is 6.07 Å². The summed E-state index contributed by atoms with van der Waals surface area (Å²) >= 11 is 0. The highest BCUT2D eigenvalue weighted by atomic mass is 31.2. The van der Waals surface area contributed by atoms with Crippen LogP contribution in [0.5, 0.6) is 5.75 Å². The van der Waals surface area contributed by atoms with E-state index in [4.69, 9.17) is 4.52 Å². The van der Waals surface area contributed by atoms with Crippen LogP contribution in [0, 0.1) is 0 Å². The van der Waals surface area contributed by atoms with Crippen molar-refractivity contribution < 1.29 is 18.9 Å². The molecule has 0 radical (unpaired) electrons. The molecule has 0 saturated carbocycles. The molecule has 3 unspecified atom stereocenters. The molecule has 2 N–H and O–H groups in total. The first kappa shape index (κ1) is 20.2. The molecule has 0 saturated heterocycles. The van der Waals surface area contributed by atoms with Crippen molar-refractivity contribution in [1.82, 2.24) is 0 Å². The standard InChI is InChI=1S/C18H31O4P/c1-7-12(4)15-10-11-16(22-23(19,20)21)18(14(6)9-3)17(15)13(5)8-2/h10-14H,7-9H2,1-6H3,(H2,19,20,21). The van der Waals surface area contributed by atoms with E-state index in [1.165, 1.54) is 11.1 Å². The normalized spacial score (nSPS) is 16.0. The smallest absolute Gasteiger partial charge is 0.404 e. The van der Waals surface area contributed by atoms with Gasteiger partial charge in [0.25, 0.3) is 0 Å². The molecule has 0 bridgehead atoms. The van der Waals surface area contributed by atoms with Crippen molar-refractivity contribution in [2.45, 2.75) is 78.6 Å². The molecule has 0 aromatic heterocycles. The molecule has 0 aliphatic carbocycles. The van der Waals surface area contributed by atoms with Crippen LogP contribution in [0.4, 0.5) is 0 Å². The van der Waals surface area contributed by atoms with E-state index in [2.05, 4.69) is 41.5 Å². The van der Waals surface area contributed by atoms with Gasteiger partial charge in [0.1, 0.15) is 5.75 Å². The number of phosphoric ester groups is 1. The number of hydrogen-bond donors (Lipinski definition) is 2. The monoisotopic (exact) mass is 342 g/mol. The molecule has 0 amide bonds. The third kappa shape index (κ3) is 5.07. The number of phosphoric acid groups is 1. The summed E-state index contributed by atoms with van der Waals surface area (Å²) in [5.41, 5.74) is 3.44. The SMILES string of the molecule is CCC(C)c1ccc(OP(=O)(O)O)c(C(C)CC)c1C(C)CC. The molecule has 3 atom stereocenters. The number of hydrogen-bond acceptors (Lipinski definition) is 2. The zero-order chi connectivity index (χ0) is 17.8. The molecule has 132 valence electrons. The maximum Gasteiger partial charge on any atom is 0.524 e. The van der Waals surface area contributed by atoms with Gasteiger partial charge in [-0.3, -0.25) is 9.79 Å². The van der Waals surface area contributed by atoms with Gasteiger partial charge in [0.15, 0.2) is 0 Å². The van der Waals surface area contributed by atoms with E-state index in [0.717, 1.165) is 24.8 Å². The summed E-state index contributed by atoms with van der Waals surface area (Å²) in [6, 6.07) is 3.71. The van der Waals surface area contributed by atoms with Crippen molar-refractivity contribution >= 4 is 7.82 Å². The predicted octanol–water partition coefficient (Wildman–Crippen LogP) is 5.70. The van der Waals surface area contributed by atoms with Gasteiger partial charge in [-0.25, -0.2) is 4.57 Å². The van der Waals surface area contributed by atoms with Crippen LogP contribution in [-0.2, 0) is 4.57 Å². The van der Waals surface area contributed by atoms with Crippen molar-refractivity contribution in [3.05, 3.63) is 28.8 Å². The van der Waals surface area contributed by atoms with E-state index < -0.39 is 7.82 Å². The second kappa shape index (κ2) is 8.32. The Morgan fingerprint density at radius 2 is 1.39 bits per heavy atom. The fourth-order valence-corrected chi connectivity index (χ4v) is 3.37. The van der Waals surface area contributed by atoms with E-state index in [1.807, 2.05) is 6.07 Å². The molecule has 5 heteroatoms. The van der Waals surface area contributed by atoms with E-state index in [-0.39, 0.29) is 5.92 Å². The zero-order valence-electron chi connectivity index (χ0n) is 15.2. The Balaban J connectivity index is 3.65. The first-order valence-electron chi connectivity index (χ1n) is 8.57. The fraction of sp³-hybridized carbons (Fsp3) is 0.667. The van der Waals surface area contributed by atoms with Gasteiger partial charge < -0.3 is 4.52 Å². The lowest BCUT2D eigenvalue weighted by molar-refractivity contribution is 0.281. The molecule has 0 heterocycles. The zero-order valence-corrected chi connectivity index (χ0v) is 16.1. The molecule has 0 fully saturated rings. The van der Waals surface area contributed by atoms with Gasteiger partial charge in [0.05, 0.1) is 0 Å². The average molecular weight is 342 g/mol. The molecule has 0 aliphatic rings. The summed E-state index contributed by atoms with van der Waals surface area (Å²) in [6.07, 6.45) is 2.90. The lowest BCUT2D eigenvalue weighted by Gasteiger charge is -2.28. The van der Waals surface area contributed by atoms with E-state index in [0.29, 0.717) is 17.6 Å². The lowest BCUT2D eigenvalue weighted by atomic mass is 9.79.